The number of hydrogen-bond donors (Lipinski definition) is 1. The fraction of sp³-hybridized carbons (Fsp3) is 0.320. The maximum atomic E-state index is 13.6. The molecule has 0 radical (unpaired) electrons. The first-order valence-electron chi connectivity index (χ1n) is 10.5. The second kappa shape index (κ2) is 9.72. The summed E-state index contributed by atoms with van der Waals surface area (Å²) in [6.07, 6.45) is 4.06. The highest BCUT2D eigenvalue weighted by atomic mass is 19.1. The Bertz CT molecular complexity index is 983. The van der Waals surface area contributed by atoms with E-state index in [0.717, 1.165) is 37.4 Å². The Morgan fingerprint density at radius 3 is 2.83 bits per heavy atom. The van der Waals surface area contributed by atoms with Crippen LogP contribution >= 0.6 is 0 Å². The third kappa shape index (κ3) is 5.36. The van der Waals surface area contributed by atoms with Gasteiger partial charge in [0.05, 0.1) is 12.3 Å². The predicted octanol–water partition coefficient (Wildman–Crippen LogP) is 5.06. The predicted molar refractivity (Wildman–Crippen MR) is 118 cm³/mol. The van der Waals surface area contributed by atoms with Gasteiger partial charge in [-0.3, -0.25) is 10.00 Å². The summed E-state index contributed by atoms with van der Waals surface area (Å²) in [4.78, 5) is 2.50. The van der Waals surface area contributed by atoms with Gasteiger partial charge in [0.25, 0.3) is 0 Å². The number of H-pyrrole nitrogens is 1. The van der Waals surface area contributed by atoms with E-state index >= 15 is 0 Å². The van der Waals surface area contributed by atoms with Crippen molar-refractivity contribution < 1.29 is 9.13 Å². The third-order valence-corrected chi connectivity index (χ3v) is 5.49. The molecule has 1 aromatic heterocycles. The van der Waals surface area contributed by atoms with Gasteiger partial charge in [0, 0.05) is 31.1 Å². The number of ether oxygens (including phenoxy) is 1. The van der Waals surface area contributed by atoms with Crippen molar-refractivity contribution in [1.82, 2.24) is 15.1 Å². The fourth-order valence-electron chi connectivity index (χ4n) is 4.00. The van der Waals surface area contributed by atoms with Gasteiger partial charge in [-0.15, -0.1) is 0 Å². The Morgan fingerprint density at radius 2 is 2.00 bits per heavy atom. The van der Waals surface area contributed by atoms with Crippen molar-refractivity contribution in [2.75, 3.05) is 26.2 Å². The first-order chi connectivity index (χ1) is 14.7. The van der Waals surface area contributed by atoms with Crippen LogP contribution in [0.5, 0.6) is 5.75 Å². The molecule has 2 aromatic carbocycles. The minimum Gasteiger partial charge on any atom is -0.490 e. The van der Waals surface area contributed by atoms with Crippen LogP contribution in [0.25, 0.3) is 6.08 Å². The van der Waals surface area contributed by atoms with Crippen molar-refractivity contribution in [2.24, 2.45) is 0 Å². The molecule has 156 valence electrons. The lowest BCUT2D eigenvalue weighted by Crippen LogP contribution is -2.22. The van der Waals surface area contributed by atoms with E-state index in [-0.39, 0.29) is 5.82 Å². The molecule has 4 rings (SSSR count). The first-order valence-corrected chi connectivity index (χ1v) is 10.5. The maximum absolute atomic E-state index is 13.6. The summed E-state index contributed by atoms with van der Waals surface area (Å²) in [6.45, 7) is 5.71. The molecule has 5 heteroatoms. The molecule has 1 aliphatic rings. The third-order valence-electron chi connectivity index (χ3n) is 5.49. The molecule has 0 bridgehead atoms. The van der Waals surface area contributed by atoms with E-state index in [4.69, 9.17) is 4.74 Å². The highest BCUT2D eigenvalue weighted by Crippen LogP contribution is 2.27. The maximum Gasteiger partial charge on any atom is 0.165 e. The molecule has 0 spiro atoms. The van der Waals surface area contributed by atoms with Gasteiger partial charge in [-0.1, -0.05) is 54.1 Å². The Balaban J connectivity index is 1.26. The number of nitrogens with one attached hydrogen (secondary N) is 1. The molecule has 1 atom stereocenters. The number of aromatic amines is 1. The molecule has 2 heterocycles. The molecule has 0 amide bonds. The normalized spacial score (nSPS) is 17.4. The van der Waals surface area contributed by atoms with E-state index < -0.39 is 0 Å². The molecule has 30 heavy (non-hydrogen) atoms. The molecule has 1 saturated heterocycles. The molecule has 1 unspecified atom stereocenters. The lowest BCUT2D eigenvalue weighted by Gasteiger charge is -2.16. The van der Waals surface area contributed by atoms with Crippen LogP contribution in [0.1, 0.15) is 36.2 Å². The summed E-state index contributed by atoms with van der Waals surface area (Å²) >= 11 is 0. The molecule has 1 N–H and O–H groups in total. The quantitative estimate of drug-likeness (QED) is 0.569. The molecule has 3 aromatic rings. The van der Waals surface area contributed by atoms with Crippen LogP contribution in [0, 0.1) is 5.82 Å². The molecule has 0 aliphatic carbocycles. The molecule has 1 fully saturated rings. The van der Waals surface area contributed by atoms with Crippen molar-refractivity contribution in [2.45, 2.75) is 25.7 Å². The van der Waals surface area contributed by atoms with Crippen LogP contribution in [0.2, 0.25) is 0 Å². The first kappa shape index (κ1) is 20.4. The molecular formula is C25H28FN3O. The second-order valence-electron chi connectivity index (χ2n) is 7.97. The number of likely N-dealkylation sites (tertiary alicyclic amines) is 1. The average Bonchev–Trinajstić information content (AvgIpc) is 3.40. The molecule has 0 saturated carbocycles. The SMILES string of the molecule is C/C(=C\c1ccccc1)CN1CCC(c2cc(CCOc3ccccc3F)[nH]n2)C1. The van der Waals surface area contributed by atoms with E-state index in [2.05, 4.69) is 58.4 Å². The minimum atomic E-state index is -0.328. The summed E-state index contributed by atoms with van der Waals surface area (Å²) in [6, 6.07) is 19.1. The van der Waals surface area contributed by atoms with Gasteiger partial charge in [0.1, 0.15) is 0 Å². The number of rotatable bonds is 8. The Morgan fingerprint density at radius 1 is 1.20 bits per heavy atom. The zero-order valence-electron chi connectivity index (χ0n) is 17.4. The van der Waals surface area contributed by atoms with Gasteiger partial charge in [0.2, 0.25) is 0 Å². The summed E-state index contributed by atoms with van der Waals surface area (Å²) in [7, 11) is 0. The van der Waals surface area contributed by atoms with E-state index in [1.165, 1.54) is 17.2 Å². The van der Waals surface area contributed by atoms with Crippen LogP contribution < -0.4 is 4.74 Å². The lowest BCUT2D eigenvalue weighted by atomic mass is 10.0. The van der Waals surface area contributed by atoms with Gasteiger partial charge in [-0.25, -0.2) is 4.39 Å². The largest absolute Gasteiger partial charge is 0.490 e. The minimum absolute atomic E-state index is 0.294. The summed E-state index contributed by atoms with van der Waals surface area (Å²) < 4.78 is 19.2. The number of para-hydroxylation sites is 1. The van der Waals surface area contributed by atoms with Gasteiger partial charge in [0.15, 0.2) is 11.6 Å². The monoisotopic (exact) mass is 405 g/mol. The van der Waals surface area contributed by atoms with Crippen LogP contribution in [0.3, 0.4) is 0 Å². The van der Waals surface area contributed by atoms with Gasteiger partial charge < -0.3 is 4.74 Å². The van der Waals surface area contributed by atoms with Crippen molar-refractivity contribution in [1.29, 1.82) is 0 Å². The van der Waals surface area contributed by atoms with E-state index in [0.29, 0.717) is 24.7 Å². The summed E-state index contributed by atoms with van der Waals surface area (Å²) in [5.41, 5.74) is 4.76. The van der Waals surface area contributed by atoms with Crippen molar-refractivity contribution in [3.63, 3.8) is 0 Å². The number of benzene rings is 2. The highest BCUT2D eigenvalue weighted by Gasteiger charge is 2.25. The van der Waals surface area contributed by atoms with Crippen LogP contribution in [0.15, 0.2) is 66.2 Å². The molecule has 1 aliphatic heterocycles. The Labute approximate surface area is 177 Å². The molecule has 4 nitrogen and oxygen atoms in total. The lowest BCUT2D eigenvalue weighted by molar-refractivity contribution is 0.304. The summed E-state index contributed by atoms with van der Waals surface area (Å²) in [5.74, 6) is 0.417. The topological polar surface area (TPSA) is 41.1 Å². The van der Waals surface area contributed by atoms with E-state index in [1.807, 2.05) is 6.07 Å². The van der Waals surface area contributed by atoms with Gasteiger partial charge in [-0.2, -0.15) is 5.10 Å². The Kier molecular flexibility index (Phi) is 6.60. The van der Waals surface area contributed by atoms with E-state index in [1.54, 1.807) is 18.2 Å². The highest BCUT2D eigenvalue weighted by molar-refractivity contribution is 5.52. The smallest absolute Gasteiger partial charge is 0.165 e. The average molecular weight is 406 g/mol. The number of aromatic nitrogens is 2. The van der Waals surface area contributed by atoms with Crippen molar-refractivity contribution in [3.8, 4) is 5.75 Å². The van der Waals surface area contributed by atoms with Gasteiger partial charge >= 0.3 is 0 Å². The standard InChI is InChI=1S/C25H28FN3O/c1-19(15-20-7-3-2-4-8-20)17-29-13-11-21(18-29)24-16-22(27-28-24)12-14-30-25-10-6-5-9-23(25)26/h2-10,15-16,21H,11-14,17-18H2,1H3,(H,27,28)/b19-15+. The van der Waals surface area contributed by atoms with Crippen LogP contribution in [0.4, 0.5) is 4.39 Å². The second-order valence-corrected chi connectivity index (χ2v) is 7.97. The van der Waals surface area contributed by atoms with Crippen molar-refractivity contribution in [3.05, 3.63) is 89.0 Å². The number of halogens is 1. The molecular weight excluding hydrogens is 377 g/mol. The van der Waals surface area contributed by atoms with E-state index in [9.17, 15) is 4.39 Å². The number of hydrogen-bond acceptors (Lipinski definition) is 3. The zero-order valence-corrected chi connectivity index (χ0v) is 17.4. The number of nitrogens with zero attached hydrogens (tertiary/aromatic N) is 2. The van der Waals surface area contributed by atoms with Gasteiger partial charge in [-0.05, 0) is 43.7 Å². The van der Waals surface area contributed by atoms with Crippen LogP contribution in [-0.2, 0) is 6.42 Å². The van der Waals surface area contributed by atoms with Crippen LogP contribution in [-0.4, -0.2) is 41.3 Å². The fourth-order valence-corrected chi connectivity index (χ4v) is 4.00. The van der Waals surface area contributed by atoms with Crippen molar-refractivity contribution >= 4 is 6.08 Å². The zero-order chi connectivity index (χ0) is 20.8. The Hall–Kier alpha value is -2.92. The summed E-state index contributed by atoms with van der Waals surface area (Å²) in [5, 5.41) is 7.65.